The van der Waals surface area contributed by atoms with E-state index in [1.54, 1.807) is 12.1 Å². The van der Waals surface area contributed by atoms with E-state index in [9.17, 15) is 13.6 Å². The van der Waals surface area contributed by atoms with Crippen LogP contribution in [0.15, 0.2) is 24.3 Å². The topological polar surface area (TPSA) is 41.6 Å². The summed E-state index contributed by atoms with van der Waals surface area (Å²) >= 11 is 0. The number of nitrogens with one attached hydrogen (secondary N) is 1. The van der Waals surface area contributed by atoms with Crippen LogP contribution in [0.1, 0.15) is 24.8 Å². The van der Waals surface area contributed by atoms with Crippen LogP contribution in [0.25, 0.3) is 0 Å². The Labute approximate surface area is 148 Å². The average Bonchev–Trinajstić information content (AvgIpc) is 2.54. The lowest BCUT2D eigenvalue weighted by molar-refractivity contribution is -0.131. The maximum Gasteiger partial charge on any atom is 0.387 e. The molecule has 136 valence electrons. The van der Waals surface area contributed by atoms with Crippen molar-refractivity contribution in [2.45, 2.75) is 32.3 Å². The van der Waals surface area contributed by atoms with Crippen LogP contribution in [0, 0.1) is 5.92 Å². The number of hydrogen-bond donors (Lipinski definition) is 1. The van der Waals surface area contributed by atoms with Crippen LogP contribution in [0.2, 0.25) is 0 Å². The number of benzene rings is 1. The normalized spacial score (nSPS) is 15.2. The number of rotatable bonds is 7. The standard InChI is InChI=1S/C17H24F2N2O2.ClH/c1-20-9-6-13-7-10-21(11-8-13)16(22)12-14-2-4-15(5-3-14)23-17(18)19;/h2-5,13,17,20H,6-12H2,1H3;1H. The molecule has 0 spiro atoms. The van der Waals surface area contributed by atoms with Gasteiger partial charge in [0, 0.05) is 13.1 Å². The summed E-state index contributed by atoms with van der Waals surface area (Å²) in [5, 5.41) is 3.16. The summed E-state index contributed by atoms with van der Waals surface area (Å²) in [6.07, 6.45) is 3.56. The molecule has 0 bridgehead atoms. The van der Waals surface area contributed by atoms with E-state index in [-0.39, 0.29) is 24.1 Å². The number of alkyl halides is 2. The van der Waals surface area contributed by atoms with Gasteiger partial charge in [-0.05, 0) is 56.5 Å². The van der Waals surface area contributed by atoms with E-state index in [4.69, 9.17) is 0 Å². The highest BCUT2D eigenvalue weighted by molar-refractivity contribution is 5.85. The summed E-state index contributed by atoms with van der Waals surface area (Å²) in [5.74, 6) is 0.901. The van der Waals surface area contributed by atoms with Crippen molar-refractivity contribution in [1.29, 1.82) is 0 Å². The molecule has 0 unspecified atom stereocenters. The molecule has 1 saturated heterocycles. The molecule has 1 aliphatic rings. The summed E-state index contributed by atoms with van der Waals surface area (Å²) in [7, 11) is 1.95. The molecule has 1 aromatic rings. The smallest absolute Gasteiger partial charge is 0.387 e. The van der Waals surface area contributed by atoms with Gasteiger partial charge in [0.15, 0.2) is 0 Å². The molecule has 7 heteroatoms. The van der Waals surface area contributed by atoms with Crippen molar-refractivity contribution in [2.75, 3.05) is 26.7 Å². The number of nitrogens with zero attached hydrogens (tertiary/aromatic N) is 1. The molecule has 0 atom stereocenters. The zero-order valence-electron chi connectivity index (χ0n) is 13.8. The van der Waals surface area contributed by atoms with Crippen molar-refractivity contribution in [2.24, 2.45) is 5.92 Å². The van der Waals surface area contributed by atoms with Crippen molar-refractivity contribution in [1.82, 2.24) is 10.2 Å². The van der Waals surface area contributed by atoms with Crippen molar-refractivity contribution < 1.29 is 18.3 Å². The largest absolute Gasteiger partial charge is 0.435 e. The number of ether oxygens (including phenoxy) is 1. The first kappa shape index (κ1) is 20.6. The SMILES string of the molecule is CNCCC1CCN(C(=O)Cc2ccc(OC(F)F)cc2)CC1.Cl. The van der Waals surface area contributed by atoms with Gasteiger partial charge in [0.2, 0.25) is 5.91 Å². The van der Waals surface area contributed by atoms with E-state index in [0.29, 0.717) is 12.3 Å². The minimum absolute atomic E-state index is 0. The summed E-state index contributed by atoms with van der Waals surface area (Å²) in [4.78, 5) is 14.2. The van der Waals surface area contributed by atoms with E-state index in [0.717, 1.165) is 44.5 Å². The molecular formula is C17H25ClF2N2O2. The van der Waals surface area contributed by atoms with Crippen molar-refractivity contribution in [3.63, 3.8) is 0 Å². The first-order valence-electron chi connectivity index (χ1n) is 8.04. The number of piperidine rings is 1. The Morgan fingerprint density at radius 2 is 1.92 bits per heavy atom. The Morgan fingerprint density at radius 1 is 1.29 bits per heavy atom. The zero-order chi connectivity index (χ0) is 16.7. The number of carbonyl (C=O) groups is 1. The average molecular weight is 363 g/mol. The maximum absolute atomic E-state index is 12.3. The molecule has 0 saturated carbocycles. The van der Waals surface area contributed by atoms with Crippen molar-refractivity contribution in [3.05, 3.63) is 29.8 Å². The molecule has 1 aliphatic heterocycles. The first-order chi connectivity index (χ1) is 11.1. The number of halogens is 3. The van der Waals surface area contributed by atoms with Gasteiger partial charge in [-0.25, -0.2) is 0 Å². The highest BCUT2D eigenvalue weighted by Crippen LogP contribution is 2.21. The second kappa shape index (κ2) is 10.5. The van der Waals surface area contributed by atoms with Gasteiger partial charge < -0.3 is 15.0 Å². The van der Waals surface area contributed by atoms with Gasteiger partial charge in [0.25, 0.3) is 0 Å². The van der Waals surface area contributed by atoms with Crippen LogP contribution >= 0.6 is 12.4 Å². The van der Waals surface area contributed by atoms with Crippen molar-refractivity contribution in [3.8, 4) is 5.75 Å². The molecule has 24 heavy (non-hydrogen) atoms. The molecule has 1 amide bonds. The van der Waals surface area contributed by atoms with Gasteiger partial charge in [0.1, 0.15) is 5.75 Å². The van der Waals surface area contributed by atoms with Crippen LogP contribution in [-0.2, 0) is 11.2 Å². The third kappa shape index (κ3) is 6.61. The van der Waals surface area contributed by atoms with E-state index >= 15 is 0 Å². The highest BCUT2D eigenvalue weighted by Gasteiger charge is 2.22. The van der Waals surface area contributed by atoms with Gasteiger partial charge in [-0.3, -0.25) is 4.79 Å². The molecule has 0 aromatic heterocycles. The van der Waals surface area contributed by atoms with Crippen LogP contribution in [0.3, 0.4) is 0 Å². The van der Waals surface area contributed by atoms with E-state index < -0.39 is 6.61 Å². The van der Waals surface area contributed by atoms with Crippen LogP contribution < -0.4 is 10.1 Å². The Kier molecular flexibility index (Phi) is 9.00. The Morgan fingerprint density at radius 3 is 2.46 bits per heavy atom. The molecule has 1 fully saturated rings. The quantitative estimate of drug-likeness (QED) is 0.810. The van der Waals surface area contributed by atoms with Crippen molar-refractivity contribution >= 4 is 18.3 Å². The Balaban J connectivity index is 0.00000288. The third-order valence-corrected chi connectivity index (χ3v) is 4.27. The fourth-order valence-corrected chi connectivity index (χ4v) is 2.89. The fourth-order valence-electron chi connectivity index (χ4n) is 2.89. The highest BCUT2D eigenvalue weighted by atomic mass is 35.5. The lowest BCUT2D eigenvalue weighted by Gasteiger charge is -2.32. The number of likely N-dealkylation sites (tertiary alicyclic amines) is 1. The molecule has 0 aliphatic carbocycles. The van der Waals surface area contributed by atoms with Crippen LogP contribution in [0.4, 0.5) is 8.78 Å². The molecule has 1 heterocycles. The minimum atomic E-state index is -2.83. The molecule has 1 aromatic carbocycles. The summed E-state index contributed by atoms with van der Waals surface area (Å²) in [6.45, 7) is -0.197. The van der Waals surface area contributed by atoms with Gasteiger partial charge >= 0.3 is 6.61 Å². The Bertz CT molecular complexity index is 492. The molecule has 1 N–H and O–H groups in total. The van der Waals surface area contributed by atoms with Crippen LogP contribution in [0.5, 0.6) is 5.75 Å². The second-order valence-electron chi connectivity index (χ2n) is 5.92. The molecule has 2 rings (SSSR count). The number of hydrogen-bond acceptors (Lipinski definition) is 3. The first-order valence-corrected chi connectivity index (χ1v) is 8.04. The number of carbonyl (C=O) groups excluding carboxylic acids is 1. The van der Waals surface area contributed by atoms with Crippen LogP contribution in [-0.4, -0.2) is 44.1 Å². The van der Waals surface area contributed by atoms with E-state index in [1.165, 1.54) is 12.1 Å². The van der Waals surface area contributed by atoms with Gasteiger partial charge in [-0.15, -0.1) is 12.4 Å². The second-order valence-corrected chi connectivity index (χ2v) is 5.92. The lowest BCUT2D eigenvalue weighted by Crippen LogP contribution is -2.39. The third-order valence-electron chi connectivity index (χ3n) is 4.27. The van der Waals surface area contributed by atoms with Gasteiger partial charge in [-0.2, -0.15) is 8.78 Å². The van der Waals surface area contributed by atoms with Gasteiger partial charge in [-0.1, -0.05) is 12.1 Å². The number of amides is 1. The summed E-state index contributed by atoms with van der Waals surface area (Å²) in [6, 6.07) is 6.27. The fraction of sp³-hybridized carbons (Fsp3) is 0.588. The van der Waals surface area contributed by atoms with E-state index in [2.05, 4.69) is 10.1 Å². The summed E-state index contributed by atoms with van der Waals surface area (Å²) < 4.78 is 28.5. The molecule has 4 nitrogen and oxygen atoms in total. The zero-order valence-corrected chi connectivity index (χ0v) is 14.7. The summed E-state index contributed by atoms with van der Waals surface area (Å²) in [5.41, 5.74) is 0.814. The molecular weight excluding hydrogens is 338 g/mol. The predicted molar refractivity (Wildman–Crippen MR) is 91.9 cm³/mol. The maximum atomic E-state index is 12.3. The Hall–Kier alpha value is -1.40. The lowest BCUT2D eigenvalue weighted by atomic mass is 9.93. The molecule has 0 radical (unpaired) electrons. The van der Waals surface area contributed by atoms with E-state index in [1.807, 2.05) is 11.9 Å². The minimum Gasteiger partial charge on any atom is -0.435 e. The monoisotopic (exact) mass is 362 g/mol. The predicted octanol–water partition coefficient (Wildman–Crippen LogP) is 3.10. The van der Waals surface area contributed by atoms with Gasteiger partial charge in [0.05, 0.1) is 6.42 Å².